The maximum absolute atomic E-state index is 13.6. The molecular weight excluding hydrogens is 297 g/mol. The molecule has 2 rings (SSSR count). The molecule has 0 aliphatic carbocycles. The van der Waals surface area contributed by atoms with Gasteiger partial charge in [0, 0.05) is 12.0 Å². The highest BCUT2D eigenvalue weighted by Gasteiger charge is 2.52. The van der Waals surface area contributed by atoms with Gasteiger partial charge in [0.15, 0.2) is 6.04 Å². The Bertz CT molecular complexity index is 541. The molecule has 0 radical (unpaired) electrons. The largest absolute Gasteiger partial charge is 0.494 e. The smallest absolute Gasteiger partial charge is 0.409 e. The van der Waals surface area contributed by atoms with Crippen LogP contribution in [0.4, 0.5) is 13.2 Å². The predicted molar refractivity (Wildman–Crippen MR) is 75.1 cm³/mol. The maximum Gasteiger partial charge on any atom is 0.409 e. The fourth-order valence-electron chi connectivity index (χ4n) is 2.61. The number of carbonyl (C=O) groups excluding carboxylic acids is 1. The quantitative estimate of drug-likeness (QED) is 0.927. The number of nitrogens with zero attached hydrogens (tertiary/aromatic N) is 1. The lowest BCUT2D eigenvalue weighted by atomic mass is 9.97. The molecule has 1 atom stereocenters. The van der Waals surface area contributed by atoms with Crippen LogP contribution in [0.15, 0.2) is 24.3 Å². The summed E-state index contributed by atoms with van der Waals surface area (Å²) in [4.78, 5) is 11.5. The number of ether oxygens (including phenoxy) is 1. The fraction of sp³-hybridized carbons (Fsp3) is 0.533. The van der Waals surface area contributed by atoms with E-state index in [1.54, 1.807) is 20.8 Å². The molecule has 1 aromatic carbocycles. The van der Waals surface area contributed by atoms with Gasteiger partial charge in [-0.2, -0.15) is 18.2 Å². The standard InChI is InChI=1S/C15H19F3N2O2/c1-4-22-11-7-5-10(6-8-11)13(15(16,17)18)20-14(2,3)9-12(21)19-20/h5-8,13H,4,9H2,1-3H3,(H,19,21). The zero-order valence-corrected chi connectivity index (χ0v) is 12.7. The number of nitrogens with one attached hydrogen (secondary N) is 1. The second kappa shape index (κ2) is 5.79. The topological polar surface area (TPSA) is 41.6 Å². The fourth-order valence-corrected chi connectivity index (χ4v) is 2.61. The average molecular weight is 316 g/mol. The van der Waals surface area contributed by atoms with Crippen LogP contribution in [0.3, 0.4) is 0 Å². The second-order valence-corrected chi connectivity index (χ2v) is 5.84. The van der Waals surface area contributed by atoms with Crippen LogP contribution in [0.5, 0.6) is 5.75 Å². The zero-order chi connectivity index (χ0) is 16.5. The van der Waals surface area contributed by atoms with E-state index in [1.165, 1.54) is 24.3 Å². The third kappa shape index (κ3) is 3.35. The zero-order valence-electron chi connectivity index (χ0n) is 12.7. The highest BCUT2D eigenvalue weighted by atomic mass is 19.4. The van der Waals surface area contributed by atoms with Crippen LogP contribution in [-0.4, -0.2) is 29.2 Å². The Balaban J connectivity index is 2.37. The first kappa shape index (κ1) is 16.6. The Morgan fingerprint density at radius 3 is 2.32 bits per heavy atom. The Kier molecular flexibility index (Phi) is 4.37. The van der Waals surface area contributed by atoms with Crippen LogP contribution in [0.1, 0.15) is 38.8 Å². The molecule has 122 valence electrons. The molecule has 1 aliphatic rings. The summed E-state index contributed by atoms with van der Waals surface area (Å²) in [7, 11) is 0. The van der Waals surface area contributed by atoms with Gasteiger partial charge < -0.3 is 4.74 Å². The number of halogens is 3. The molecule has 7 heteroatoms. The molecule has 0 spiro atoms. The van der Waals surface area contributed by atoms with Crippen molar-refractivity contribution in [3.8, 4) is 5.75 Å². The van der Waals surface area contributed by atoms with Crippen LogP contribution < -0.4 is 10.2 Å². The molecule has 1 amide bonds. The highest BCUT2D eigenvalue weighted by molar-refractivity contribution is 5.79. The lowest BCUT2D eigenvalue weighted by Gasteiger charge is -2.37. The highest BCUT2D eigenvalue weighted by Crippen LogP contribution is 2.42. The third-order valence-corrected chi connectivity index (χ3v) is 3.57. The normalized spacial score (nSPS) is 19.8. The number of hydrazine groups is 1. The summed E-state index contributed by atoms with van der Waals surface area (Å²) in [6.45, 7) is 5.46. The Hall–Kier alpha value is -1.76. The van der Waals surface area contributed by atoms with Crippen LogP contribution in [0, 0.1) is 0 Å². The summed E-state index contributed by atoms with van der Waals surface area (Å²) in [5, 5.41) is 0.991. The van der Waals surface area contributed by atoms with Crippen molar-refractivity contribution in [2.75, 3.05) is 6.61 Å². The number of carbonyl (C=O) groups is 1. The van der Waals surface area contributed by atoms with E-state index in [0.717, 1.165) is 5.01 Å². The summed E-state index contributed by atoms with van der Waals surface area (Å²) in [5.74, 6) is 0.0991. The van der Waals surface area contributed by atoms with Crippen LogP contribution in [0.2, 0.25) is 0 Å². The molecule has 0 aromatic heterocycles. The van der Waals surface area contributed by atoms with Crippen molar-refractivity contribution >= 4 is 5.91 Å². The summed E-state index contributed by atoms with van der Waals surface area (Å²) < 4.78 is 45.9. The van der Waals surface area contributed by atoms with Gasteiger partial charge in [-0.3, -0.25) is 10.2 Å². The van der Waals surface area contributed by atoms with Gasteiger partial charge in [0.1, 0.15) is 5.75 Å². The van der Waals surface area contributed by atoms with Crippen molar-refractivity contribution in [2.45, 2.75) is 44.9 Å². The molecule has 22 heavy (non-hydrogen) atoms. The van der Waals surface area contributed by atoms with E-state index in [4.69, 9.17) is 4.74 Å². The first-order valence-corrected chi connectivity index (χ1v) is 7.03. The van der Waals surface area contributed by atoms with Gasteiger partial charge in [0.25, 0.3) is 0 Å². The number of benzene rings is 1. The molecule has 1 N–H and O–H groups in total. The van der Waals surface area contributed by atoms with Crippen LogP contribution in [0.25, 0.3) is 0 Å². The van der Waals surface area contributed by atoms with Gasteiger partial charge in [-0.05, 0) is 38.5 Å². The molecule has 4 nitrogen and oxygen atoms in total. The number of alkyl halides is 3. The lowest BCUT2D eigenvalue weighted by Crippen LogP contribution is -2.51. The van der Waals surface area contributed by atoms with E-state index in [9.17, 15) is 18.0 Å². The number of hydrogen-bond donors (Lipinski definition) is 1. The lowest BCUT2D eigenvalue weighted by molar-refractivity contribution is -0.203. The van der Waals surface area contributed by atoms with E-state index < -0.39 is 23.7 Å². The number of rotatable bonds is 4. The van der Waals surface area contributed by atoms with Crippen molar-refractivity contribution in [3.63, 3.8) is 0 Å². The Labute approximate surface area is 127 Å². The van der Waals surface area contributed by atoms with Crippen LogP contribution in [-0.2, 0) is 4.79 Å². The third-order valence-electron chi connectivity index (χ3n) is 3.57. The van der Waals surface area contributed by atoms with Gasteiger partial charge in [-0.1, -0.05) is 12.1 Å². The van der Waals surface area contributed by atoms with Gasteiger partial charge in [0.05, 0.1) is 6.61 Å². The molecule has 0 saturated carbocycles. The Morgan fingerprint density at radius 1 is 1.32 bits per heavy atom. The first-order chi connectivity index (χ1) is 10.1. The van der Waals surface area contributed by atoms with Crippen molar-refractivity contribution < 1.29 is 22.7 Å². The summed E-state index contributed by atoms with van der Waals surface area (Å²) in [6, 6.07) is 3.86. The maximum atomic E-state index is 13.6. The second-order valence-electron chi connectivity index (χ2n) is 5.84. The monoisotopic (exact) mass is 316 g/mol. The van der Waals surface area contributed by atoms with E-state index in [0.29, 0.717) is 12.4 Å². The minimum atomic E-state index is -4.51. The first-order valence-electron chi connectivity index (χ1n) is 7.03. The van der Waals surface area contributed by atoms with E-state index in [-0.39, 0.29) is 12.0 Å². The van der Waals surface area contributed by atoms with Crippen molar-refractivity contribution in [2.24, 2.45) is 0 Å². The molecule has 1 saturated heterocycles. The molecule has 1 fully saturated rings. The van der Waals surface area contributed by atoms with E-state index in [1.807, 2.05) is 0 Å². The van der Waals surface area contributed by atoms with E-state index in [2.05, 4.69) is 5.43 Å². The van der Waals surface area contributed by atoms with Gasteiger partial charge in [-0.25, -0.2) is 0 Å². The number of hydrogen-bond acceptors (Lipinski definition) is 3. The molecule has 0 bridgehead atoms. The molecule has 1 heterocycles. The molecule has 1 unspecified atom stereocenters. The molecule has 1 aromatic rings. The molecular formula is C15H19F3N2O2. The summed E-state index contributed by atoms with van der Waals surface area (Å²) in [5.41, 5.74) is 1.47. The number of amides is 1. The minimum absolute atomic E-state index is 0.0244. The average Bonchev–Trinajstić information content (AvgIpc) is 2.64. The van der Waals surface area contributed by atoms with Crippen molar-refractivity contribution in [1.29, 1.82) is 0 Å². The van der Waals surface area contributed by atoms with E-state index >= 15 is 0 Å². The van der Waals surface area contributed by atoms with Crippen LogP contribution >= 0.6 is 0 Å². The molecule has 1 aliphatic heterocycles. The SMILES string of the molecule is CCOc1ccc(C(N2NC(=O)CC2(C)C)C(F)(F)F)cc1. The predicted octanol–water partition coefficient (Wildman–Crippen LogP) is 3.20. The minimum Gasteiger partial charge on any atom is -0.494 e. The van der Waals surface area contributed by atoms with Gasteiger partial charge >= 0.3 is 6.18 Å². The summed E-state index contributed by atoms with van der Waals surface area (Å²) in [6.07, 6.45) is -4.49. The summed E-state index contributed by atoms with van der Waals surface area (Å²) >= 11 is 0. The van der Waals surface area contributed by atoms with Gasteiger partial charge in [-0.15, -0.1) is 0 Å². The van der Waals surface area contributed by atoms with Crippen molar-refractivity contribution in [3.05, 3.63) is 29.8 Å². The van der Waals surface area contributed by atoms with Gasteiger partial charge in [0.2, 0.25) is 5.91 Å². The van der Waals surface area contributed by atoms with Crippen molar-refractivity contribution in [1.82, 2.24) is 10.4 Å². The Morgan fingerprint density at radius 2 is 1.91 bits per heavy atom.